The maximum Gasteiger partial charge on any atom is 0.244 e. The van der Waals surface area contributed by atoms with Gasteiger partial charge in [0, 0.05) is 36.1 Å². The van der Waals surface area contributed by atoms with Crippen LogP contribution in [0.25, 0.3) is 0 Å². The summed E-state index contributed by atoms with van der Waals surface area (Å²) < 4.78 is 37.6. The third-order valence-electron chi connectivity index (χ3n) is 6.21. The van der Waals surface area contributed by atoms with Gasteiger partial charge in [0.15, 0.2) is 0 Å². The molecule has 0 aromatic heterocycles. The largest absolute Gasteiger partial charge is 0.497 e. The molecule has 0 aliphatic rings. The Bertz CT molecular complexity index is 1450. The van der Waals surface area contributed by atoms with Crippen LogP contribution in [0.4, 0.5) is 5.69 Å². The van der Waals surface area contributed by atoms with E-state index in [0.717, 1.165) is 16.1 Å². The van der Waals surface area contributed by atoms with Crippen LogP contribution < -0.4 is 19.1 Å². The Morgan fingerprint density at radius 1 is 0.975 bits per heavy atom. The predicted octanol–water partition coefficient (Wildman–Crippen LogP) is 4.16. The first-order valence-electron chi connectivity index (χ1n) is 12.2. The van der Waals surface area contributed by atoms with E-state index in [4.69, 9.17) is 32.7 Å². The lowest BCUT2D eigenvalue weighted by Crippen LogP contribution is -2.53. The third kappa shape index (κ3) is 7.80. The smallest absolute Gasteiger partial charge is 0.244 e. The molecule has 3 aromatic rings. The normalized spacial score (nSPS) is 11.8. The zero-order valence-electron chi connectivity index (χ0n) is 22.6. The van der Waals surface area contributed by atoms with E-state index in [-0.39, 0.29) is 24.4 Å². The van der Waals surface area contributed by atoms with Crippen LogP contribution in [0.3, 0.4) is 0 Å². The van der Waals surface area contributed by atoms with Crippen LogP contribution in [-0.2, 0) is 32.6 Å². The zero-order chi connectivity index (χ0) is 29.4. The standard InChI is InChI=1S/C28H31Cl2N3O6S/c1-31-28(35)25(14-19-8-6-5-7-9-19)32(17-20-10-11-21(29)15-23(20)30)27(34)18-33(40(4,36)37)24-16-22(38-2)12-13-26(24)39-3/h5-13,15-16,25H,14,17-18H2,1-4H3,(H,31,35)/t25-/m1/s1. The SMILES string of the molecule is CNC(=O)[C@@H](Cc1ccccc1)N(Cc1ccc(Cl)cc1Cl)C(=O)CN(c1cc(OC)ccc1OC)S(C)(=O)=O. The number of sulfonamides is 1. The number of methoxy groups -OCH3 is 2. The Hall–Kier alpha value is -3.47. The van der Waals surface area contributed by atoms with Gasteiger partial charge in [0.25, 0.3) is 0 Å². The highest BCUT2D eigenvalue weighted by molar-refractivity contribution is 7.92. The molecule has 12 heteroatoms. The van der Waals surface area contributed by atoms with Crippen molar-refractivity contribution in [2.24, 2.45) is 0 Å². The first-order valence-corrected chi connectivity index (χ1v) is 14.8. The first kappa shape index (κ1) is 31.1. The van der Waals surface area contributed by atoms with Crippen molar-refractivity contribution in [3.8, 4) is 11.5 Å². The highest BCUT2D eigenvalue weighted by Gasteiger charge is 2.33. The Morgan fingerprint density at radius 3 is 2.25 bits per heavy atom. The number of likely N-dealkylation sites (N-methyl/N-ethyl adjacent to an activating group) is 1. The molecule has 0 spiro atoms. The molecule has 0 saturated heterocycles. The summed E-state index contributed by atoms with van der Waals surface area (Å²) in [6.45, 7) is -0.692. The fourth-order valence-electron chi connectivity index (χ4n) is 4.14. The molecule has 0 heterocycles. The number of amides is 2. The van der Waals surface area contributed by atoms with E-state index in [1.807, 2.05) is 30.3 Å². The van der Waals surface area contributed by atoms with E-state index in [9.17, 15) is 18.0 Å². The molecule has 1 atom stereocenters. The number of hydrogen-bond donors (Lipinski definition) is 1. The second kappa shape index (κ2) is 13.7. The second-order valence-electron chi connectivity index (χ2n) is 8.88. The van der Waals surface area contributed by atoms with Crippen molar-refractivity contribution < 1.29 is 27.5 Å². The van der Waals surface area contributed by atoms with Crippen LogP contribution >= 0.6 is 23.2 Å². The highest BCUT2D eigenvalue weighted by atomic mass is 35.5. The van der Waals surface area contributed by atoms with E-state index < -0.39 is 34.4 Å². The summed E-state index contributed by atoms with van der Waals surface area (Å²) >= 11 is 12.5. The number of nitrogens with zero attached hydrogens (tertiary/aromatic N) is 2. The molecular weight excluding hydrogens is 577 g/mol. The van der Waals surface area contributed by atoms with E-state index in [0.29, 0.717) is 21.4 Å². The molecule has 40 heavy (non-hydrogen) atoms. The van der Waals surface area contributed by atoms with Gasteiger partial charge in [-0.3, -0.25) is 13.9 Å². The second-order valence-corrected chi connectivity index (χ2v) is 11.6. The Kier molecular flexibility index (Phi) is 10.7. The van der Waals surface area contributed by atoms with Gasteiger partial charge >= 0.3 is 0 Å². The lowest BCUT2D eigenvalue weighted by Gasteiger charge is -2.33. The third-order valence-corrected chi connectivity index (χ3v) is 7.92. The molecule has 3 rings (SSSR count). The number of benzene rings is 3. The summed E-state index contributed by atoms with van der Waals surface area (Å²) in [7, 11) is 0.313. The fraction of sp³-hybridized carbons (Fsp3) is 0.286. The molecule has 0 aliphatic carbocycles. The van der Waals surface area contributed by atoms with E-state index >= 15 is 0 Å². The van der Waals surface area contributed by atoms with Crippen molar-refractivity contribution in [1.82, 2.24) is 10.2 Å². The van der Waals surface area contributed by atoms with Crippen LogP contribution in [0, 0.1) is 0 Å². The topological polar surface area (TPSA) is 105 Å². The van der Waals surface area contributed by atoms with Crippen molar-refractivity contribution in [2.75, 3.05) is 38.4 Å². The molecule has 0 aliphatic heterocycles. The number of anilines is 1. The Balaban J connectivity index is 2.11. The van der Waals surface area contributed by atoms with Crippen LogP contribution in [0.2, 0.25) is 10.0 Å². The minimum absolute atomic E-state index is 0.0768. The van der Waals surface area contributed by atoms with Crippen LogP contribution in [0.15, 0.2) is 66.7 Å². The number of nitrogens with one attached hydrogen (secondary N) is 1. The molecule has 2 amide bonds. The zero-order valence-corrected chi connectivity index (χ0v) is 24.9. The minimum Gasteiger partial charge on any atom is -0.497 e. The number of hydrogen-bond acceptors (Lipinski definition) is 6. The Labute approximate surface area is 244 Å². The minimum atomic E-state index is -3.99. The van der Waals surface area contributed by atoms with Crippen molar-refractivity contribution in [3.63, 3.8) is 0 Å². The van der Waals surface area contributed by atoms with Gasteiger partial charge in [-0.05, 0) is 35.4 Å². The summed E-state index contributed by atoms with van der Waals surface area (Å²) in [4.78, 5) is 28.6. The van der Waals surface area contributed by atoms with E-state index in [1.165, 1.54) is 38.3 Å². The molecule has 0 unspecified atom stereocenters. The van der Waals surface area contributed by atoms with Gasteiger partial charge in [-0.15, -0.1) is 0 Å². The van der Waals surface area contributed by atoms with Gasteiger partial charge in [-0.25, -0.2) is 8.42 Å². The fourth-order valence-corrected chi connectivity index (χ4v) is 5.45. The summed E-state index contributed by atoms with van der Waals surface area (Å²) in [5.41, 5.74) is 1.46. The number of carbonyl (C=O) groups is 2. The van der Waals surface area contributed by atoms with Crippen LogP contribution in [0.1, 0.15) is 11.1 Å². The summed E-state index contributed by atoms with van der Waals surface area (Å²) in [5.74, 6) is -0.467. The number of halogens is 2. The Morgan fingerprint density at radius 2 is 1.68 bits per heavy atom. The van der Waals surface area contributed by atoms with E-state index in [1.54, 1.807) is 24.3 Å². The van der Waals surface area contributed by atoms with Crippen molar-refractivity contribution in [1.29, 1.82) is 0 Å². The van der Waals surface area contributed by atoms with Gasteiger partial charge in [0.05, 0.1) is 26.2 Å². The van der Waals surface area contributed by atoms with Gasteiger partial charge < -0.3 is 19.7 Å². The average Bonchev–Trinajstić information content (AvgIpc) is 2.93. The summed E-state index contributed by atoms with van der Waals surface area (Å²) in [6.07, 6.45) is 1.17. The lowest BCUT2D eigenvalue weighted by molar-refractivity contribution is -0.139. The van der Waals surface area contributed by atoms with Gasteiger partial charge in [-0.2, -0.15) is 0 Å². The first-order chi connectivity index (χ1) is 19.0. The lowest BCUT2D eigenvalue weighted by atomic mass is 10.0. The monoisotopic (exact) mass is 607 g/mol. The summed E-state index contributed by atoms with van der Waals surface area (Å²) in [5, 5.41) is 3.33. The van der Waals surface area contributed by atoms with Crippen LogP contribution in [0.5, 0.6) is 11.5 Å². The number of rotatable bonds is 12. The van der Waals surface area contributed by atoms with Crippen LogP contribution in [-0.4, -0.2) is 65.2 Å². The maximum atomic E-state index is 14.1. The number of carbonyl (C=O) groups excluding carboxylic acids is 2. The van der Waals surface area contributed by atoms with Gasteiger partial charge in [-0.1, -0.05) is 59.6 Å². The summed E-state index contributed by atoms with van der Waals surface area (Å²) in [6, 6.07) is 17.7. The van der Waals surface area contributed by atoms with Crippen molar-refractivity contribution in [3.05, 3.63) is 87.9 Å². The van der Waals surface area contributed by atoms with Crippen molar-refractivity contribution in [2.45, 2.75) is 19.0 Å². The molecule has 0 fully saturated rings. The molecular formula is C28H31Cl2N3O6S. The molecule has 214 valence electrons. The molecule has 0 radical (unpaired) electrons. The molecule has 0 bridgehead atoms. The number of ether oxygens (including phenoxy) is 2. The highest BCUT2D eigenvalue weighted by Crippen LogP contribution is 2.34. The quantitative estimate of drug-likeness (QED) is 0.331. The molecule has 0 saturated carbocycles. The van der Waals surface area contributed by atoms with Gasteiger partial charge in [0.1, 0.15) is 24.1 Å². The molecule has 3 aromatic carbocycles. The molecule has 1 N–H and O–H groups in total. The van der Waals surface area contributed by atoms with Crippen molar-refractivity contribution >= 4 is 50.7 Å². The predicted molar refractivity (Wildman–Crippen MR) is 157 cm³/mol. The maximum absolute atomic E-state index is 14.1. The molecule has 9 nitrogen and oxygen atoms in total. The van der Waals surface area contributed by atoms with Gasteiger partial charge in [0.2, 0.25) is 21.8 Å². The van der Waals surface area contributed by atoms with E-state index in [2.05, 4.69) is 5.32 Å². The average molecular weight is 609 g/mol.